The van der Waals surface area contributed by atoms with Crippen molar-refractivity contribution in [3.05, 3.63) is 0 Å². The Morgan fingerprint density at radius 3 is 2.05 bits per heavy atom. The molecule has 2 atom stereocenters. The number of carboxylic acids is 2. The average molecular weight is 348 g/mol. The van der Waals surface area contributed by atoms with Crippen LogP contribution in [0.3, 0.4) is 0 Å². The van der Waals surface area contributed by atoms with Gasteiger partial charge in [-0.15, -0.1) is 0 Å². The summed E-state index contributed by atoms with van der Waals surface area (Å²) in [7, 11) is -5.13. The van der Waals surface area contributed by atoms with Crippen LogP contribution in [-0.4, -0.2) is 67.4 Å². The van der Waals surface area contributed by atoms with Crippen molar-refractivity contribution in [1.82, 2.24) is 0 Å². The molecule has 0 amide bonds. The van der Waals surface area contributed by atoms with Gasteiger partial charge in [0, 0.05) is 12.4 Å². The Bertz CT molecular complexity index is 449. The third-order valence-corrected chi connectivity index (χ3v) is 4.92. The molecule has 118 valence electrons. The maximum absolute atomic E-state index is 11.4. The molecule has 7 nitrogen and oxygen atoms in total. The van der Waals surface area contributed by atoms with E-state index in [4.69, 9.17) is 0 Å². The SMILES string of the molecule is CCCCC(CC)CC(CC(=O)[O-])(C(=O)[O-])S(=O)(=O)O.[Ca+2]. The van der Waals surface area contributed by atoms with Crippen molar-refractivity contribution in [2.75, 3.05) is 0 Å². The van der Waals surface area contributed by atoms with Gasteiger partial charge in [-0.3, -0.25) is 4.55 Å². The topological polar surface area (TPSA) is 135 Å². The maximum Gasteiger partial charge on any atom is 2.00 e. The quantitative estimate of drug-likeness (QED) is 0.384. The molecular weight excluding hydrogens is 328 g/mol. The molecule has 21 heavy (non-hydrogen) atoms. The number of carboxylic acid groups (broad SMARTS) is 2. The molecule has 0 bridgehead atoms. The molecule has 0 aromatic heterocycles. The second-order valence-electron chi connectivity index (χ2n) is 4.93. The van der Waals surface area contributed by atoms with Gasteiger partial charge in [0.2, 0.25) is 0 Å². The van der Waals surface area contributed by atoms with Crippen molar-refractivity contribution in [2.24, 2.45) is 5.92 Å². The number of rotatable bonds is 10. The molecular formula is C12H20CaO7S. The van der Waals surface area contributed by atoms with E-state index in [-0.39, 0.29) is 43.7 Å². The van der Waals surface area contributed by atoms with Gasteiger partial charge in [0.25, 0.3) is 10.1 Å². The van der Waals surface area contributed by atoms with Crippen molar-refractivity contribution in [1.29, 1.82) is 0 Å². The molecule has 0 rings (SSSR count). The van der Waals surface area contributed by atoms with Crippen LogP contribution in [0.2, 0.25) is 0 Å². The van der Waals surface area contributed by atoms with E-state index in [2.05, 4.69) is 0 Å². The van der Waals surface area contributed by atoms with E-state index in [1.807, 2.05) is 6.92 Å². The van der Waals surface area contributed by atoms with E-state index < -0.39 is 39.6 Å². The molecule has 1 N–H and O–H groups in total. The van der Waals surface area contributed by atoms with Crippen LogP contribution in [0.15, 0.2) is 0 Å². The van der Waals surface area contributed by atoms with Crippen molar-refractivity contribution in [2.45, 2.75) is 57.1 Å². The monoisotopic (exact) mass is 348 g/mol. The smallest absolute Gasteiger partial charge is 0.550 e. The van der Waals surface area contributed by atoms with E-state index in [0.717, 1.165) is 12.8 Å². The third-order valence-electron chi connectivity index (χ3n) is 3.46. The van der Waals surface area contributed by atoms with Gasteiger partial charge in [0.05, 0.1) is 5.97 Å². The molecule has 0 aliphatic heterocycles. The van der Waals surface area contributed by atoms with Crippen LogP contribution in [0.25, 0.3) is 0 Å². The standard InChI is InChI=1S/C12H22O7S.Ca/c1-3-5-6-9(4-2)7-12(11(15)16,8-10(13)14)20(17,18)19;/h9H,3-8H2,1-2H3,(H,13,14)(H,15,16)(H,17,18,19);/q;+2/p-2. The zero-order valence-corrected chi connectivity index (χ0v) is 15.4. The minimum Gasteiger partial charge on any atom is -0.550 e. The number of hydrogen-bond acceptors (Lipinski definition) is 6. The van der Waals surface area contributed by atoms with E-state index >= 15 is 0 Å². The van der Waals surface area contributed by atoms with Gasteiger partial charge in [-0.25, -0.2) is 0 Å². The molecule has 0 aromatic carbocycles. The number of aliphatic carboxylic acids is 2. The van der Waals surface area contributed by atoms with Gasteiger partial charge >= 0.3 is 37.7 Å². The molecule has 0 saturated carbocycles. The molecule has 0 aliphatic rings. The van der Waals surface area contributed by atoms with Crippen molar-refractivity contribution in [3.63, 3.8) is 0 Å². The van der Waals surface area contributed by atoms with Crippen molar-refractivity contribution < 1.29 is 32.8 Å². The molecule has 0 aliphatic carbocycles. The first-order chi connectivity index (χ1) is 9.10. The summed E-state index contributed by atoms with van der Waals surface area (Å²) in [6.45, 7) is 3.66. The third kappa shape index (κ3) is 6.81. The van der Waals surface area contributed by atoms with Crippen molar-refractivity contribution >= 4 is 59.8 Å². The Morgan fingerprint density at radius 2 is 1.76 bits per heavy atom. The van der Waals surface area contributed by atoms with E-state index in [1.165, 1.54) is 0 Å². The Hall–Kier alpha value is 0.110. The molecule has 0 fully saturated rings. The first kappa shape index (κ1) is 23.4. The van der Waals surface area contributed by atoms with Crippen molar-refractivity contribution in [3.8, 4) is 0 Å². The average Bonchev–Trinajstić information content (AvgIpc) is 2.30. The zero-order chi connectivity index (χ0) is 16.0. The van der Waals surface area contributed by atoms with Crippen LogP contribution >= 0.6 is 0 Å². The van der Waals surface area contributed by atoms with E-state index in [1.54, 1.807) is 6.92 Å². The minimum absolute atomic E-state index is 0. The first-order valence-corrected chi connectivity index (χ1v) is 7.93. The fraction of sp³-hybridized carbons (Fsp3) is 0.833. The van der Waals surface area contributed by atoms with Gasteiger partial charge in [-0.1, -0.05) is 39.5 Å². The Morgan fingerprint density at radius 1 is 1.24 bits per heavy atom. The summed E-state index contributed by atoms with van der Waals surface area (Å²) in [6.07, 6.45) is 0.775. The fourth-order valence-corrected chi connectivity index (χ4v) is 3.13. The van der Waals surface area contributed by atoms with E-state index in [0.29, 0.717) is 12.8 Å². The van der Waals surface area contributed by atoms with Crippen LogP contribution in [0.5, 0.6) is 0 Å². The van der Waals surface area contributed by atoms with Gasteiger partial charge < -0.3 is 19.8 Å². The molecule has 0 spiro atoms. The minimum atomic E-state index is -5.13. The first-order valence-electron chi connectivity index (χ1n) is 6.49. The van der Waals surface area contributed by atoms with Crippen LogP contribution in [0.4, 0.5) is 0 Å². The molecule has 9 heteroatoms. The predicted molar refractivity (Wildman–Crippen MR) is 72.6 cm³/mol. The van der Waals surface area contributed by atoms with Gasteiger partial charge in [0.1, 0.15) is 4.75 Å². The number of carbonyl (C=O) groups is 2. The maximum atomic E-state index is 11.4. The predicted octanol–water partition coefficient (Wildman–Crippen LogP) is -1.27. The van der Waals surface area contributed by atoms with Crippen LogP contribution < -0.4 is 10.2 Å². The summed E-state index contributed by atoms with van der Waals surface area (Å²) in [4.78, 5) is 21.9. The second kappa shape index (κ2) is 9.99. The van der Waals surface area contributed by atoms with Gasteiger partial charge in [0.15, 0.2) is 0 Å². The normalized spacial score (nSPS) is 15.6. The van der Waals surface area contributed by atoms with Crippen LogP contribution in [0, 0.1) is 5.92 Å². The Kier molecular flexibility index (Phi) is 11.1. The Labute approximate surface area is 154 Å². The summed E-state index contributed by atoms with van der Waals surface area (Å²) in [5.41, 5.74) is 0. The number of carbonyl (C=O) groups excluding carboxylic acids is 2. The summed E-state index contributed by atoms with van der Waals surface area (Å²) >= 11 is 0. The summed E-state index contributed by atoms with van der Waals surface area (Å²) in [5.74, 6) is -4.31. The summed E-state index contributed by atoms with van der Waals surface area (Å²) in [6, 6.07) is 0. The second-order valence-corrected chi connectivity index (χ2v) is 6.66. The molecule has 0 saturated heterocycles. The van der Waals surface area contributed by atoms with Gasteiger partial charge in [-0.2, -0.15) is 8.42 Å². The Balaban J connectivity index is 0. The molecule has 0 radical (unpaired) electrons. The molecule has 0 aromatic rings. The largest absolute Gasteiger partial charge is 2.00 e. The summed E-state index contributed by atoms with van der Waals surface area (Å²) in [5, 5.41) is 21.9. The zero-order valence-electron chi connectivity index (χ0n) is 12.3. The fourth-order valence-electron chi connectivity index (χ4n) is 2.17. The van der Waals surface area contributed by atoms with Gasteiger partial charge in [-0.05, 0) is 12.3 Å². The molecule has 0 heterocycles. The van der Waals surface area contributed by atoms with Crippen LogP contribution in [-0.2, 0) is 19.7 Å². The van der Waals surface area contributed by atoms with E-state index in [9.17, 15) is 32.8 Å². The van der Waals surface area contributed by atoms with Crippen LogP contribution in [0.1, 0.15) is 52.4 Å². The number of hydrogen-bond donors (Lipinski definition) is 1. The summed E-state index contributed by atoms with van der Waals surface area (Å²) < 4.78 is 29.1. The number of unbranched alkanes of at least 4 members (excludes halogenated alkanes) is 1. The molecule has 2 unspecified atom stereocenters.